The van der Waals surface area contributed by atoms with Crippen LogP contribution in [0.25, 0.3) is 5.69 Å². The van der Waals surface area contributed by atoms with E-state index in [1.165, 1.54) is 30.7 Å². The molecule has 2 bridgehead atoms. The van der Waals surface area contributed by atoms with E-state index < -0.39 is 0 Å². The third-order valence-corrected chi connectivity index (χ3v) is 7.36. The molecule has 0 N–H and O–H groups in total. The Morgan fingerprint density at radius 3 is 2.56 bits per heavy atom. The lowest BCUT2D eigenvalue weighted by molar-refractivity contribution is 0.194. The van der Waals surface area contributed by atoms with Gasteiger partial charge in [-0.2, -0.15) is 15.3 Å². The van der Waals surface area contributed by atoms with Gasteiger partial charge in [0.15, 0.2) is 0 Å². The lowest BCUT2D eigenvalue weighted by Gasteiger charge is -2.34. The van der Waals surface area contributed by atoms with Crippen LogP contribution in [0.15, 0.2) is 34.5 Å². The Bertz CT molecular complexity index is 942. The van der Waals surface area contributed by atoms with Crippen molar-refractivity contribution in [1.82, 2.24) is 9.78 Å². The molecule has 2 atom stereocenters. The number of aromatic nitrogens is 2. The minimum Gasteiger partial charge on any atom is -0.221 e. The number of rotatable bonds is 3. The van der Waals surface area contributed by atoms with Crippen molar-refractivity contribution in [2.45, 2.75) is 47.0 Å². The fraction of sp³-hybridized carbons (Fsp3) is 0.476. The summed E-state index contributed by atoms with van der Waals surface area (Å²) in [7, 11) is 0. The predicted molar refractivity (Wildman–Crippen MR) is 108 cm³/mol. The first-order valence-electron chi connectivity index (χ1n) is 9.35. The lowest BCUT2D eigenvalue weighted by atomic mass is 9.70. The molecule has 6 heteroatoms. The summed E-state index contributed by atoms with van der Waals surface area (Å²) in [6, 6.07) is 6.07. The molecule has 2 aromatic rings. The molecular formula is C21H24ClFN4. The number of hydrogen-bond donors (Lipinski definition) is 0. The van der Waals surface area contributed by atoms with Crippen molar-refractivity contribution in [2.75, 3.05) is 0 Å². The van der Waals surface area contributed by atoms with Crippen LogP contribution < -0.4 is 0 Å². The Labute approximate surface area is 164 Å². The highest BCUT2D eigenvalue weighted by atomic mass is 35.5. The van der Waals surface area contributed by atoms with Gasteiger partial charge in [0.05, 0.1) is 23.2 Å². The Kier molecular flexibility index (Phi) is 4.26. The molecule has 2 unspecified atom stereocenters. The zero-order valence-corrected chi connectivity index (χ0v) is 16.9. The maximum atomic E-state index is 13.2. The molecule has 4 nitrogen and oxygen atoms in total. The first-order chi connectivity index (χ1) is 12.7. The maximum absolute atomic E-state index is 13.2. The third-order valence-electron chi connectivity index (χ3n) is 7.00. The van der Waals surface area contributed by atoms with E-state index in [4.69, 9.17) is 11.6 Å². The van der Waals surface area contributed by atoms with Crippen LogP contribution in [-0.2, 0) is 0 Å². The highest BCUT2D eigenvalue weighted by Gasteiger charge is 2.59. The van der Waals surface area contributed by atoms with E-state index in [1.54, 1.807) is 23.0 Å². The van der Waals surface area contributed by atoms with Gasteiger partial charge >= 0.3 is 0 Å². The van der Waals surface area contributed by atoms with E-state index in [-0.39, 0.29) is 16.6 Å². The van der Waals surface area contributed by atoms with Crippen LogP contribution in [0.4, 0.5) is 4.39 Å². The van der Waals surface area contributed by atoms with Crippen molar-refractivity contribution < 1.29 is 4.39 Å². The number of halogens is 2. The highest BCUT2D eigenvalue weighted by molar-refractivity contribution is 6.32. The standard InChI is InChI=1S/C21H24ClFN4/c1-13-17(19(22)27(26-13)16-7-5-15(23)6-8-16)12-24-25-18-11-14-9-10-21(18,4)20(14,2)3/h5-8,12,14H,9-11H2,1-4H3/b24-12+,25-18-. The van der Waals surface area contributed by atoms with Crippen LogP contribution in [-0.4, -0.2) is 21.7 Å². The number of hydrogen-bond acceptors (Lipinski definition) is 3. The quantitative estimate of drug-likeness (QED) is 0.500. The summed E-state index contributed by atoms with van der Waals surface area (Å²) in [5, 5.41) is 13.9. The number of benzene rings is 1. The largest absolute Gasteiger partial charge is 0.221 e. The fourth-order valence-electron chi connectivity index (χ4n) is 4.65. The topological polar surface area (TPSA) is 42.5 Å². The van der Waals surface area contributed by atoms with Crippen LogP contribution in [0, 0.1) is 29.5 Å². The summed E-state index contributed by atoms with van der Waals surface area (Å²) in [6.45, 7) is 8.90. The van der Waals surface area contributed by atoms with Gasteiger partial charge in [-0.3, -0.25) is 0 Å². The molecule has 1 aromatic carbocycles. The molecule has 1 heterocycles. The van der Waals surface area contributed by atoms with Crippen LogP contribution in [0.1, 0.15) is 51.3 Å². The molecule has 4 rings (SSSR count). The van der Waals surface area contributed by atoms with Gasteiger partial charge in [0, 0.05) is 11.1 Å². The van der Waals surface area contributed by atoms with Crippen molar-refractivity contribution in [1.29, 1.82) is 0 Å². The van der Waals surface area contributed by atoms with E-state index in [9.17, 15) is 4.39 Å². The summed E-state index contributed by atoms with van der Waals surface area (Å²) < 4.78 is 14.7. The molecule has 2 aliphatic carbocycles. The van der Waals surface area contributed by atoms with Crippen molar-refractivity contribution in [3.05, 3.63) is 46.5 Å². The van der Waals surface area contributed by atoms with Crippen LogP contribution in [0.3, 0.4) is 0 Å². The lowest BCUT2D eigenvalue weighted by Crippen LogP contribution is -2.32. The van der Waals surface area contributed by atoms with Crippen molar-refractivity contribution >= 4 is 23.5 Å². The minimum atomic E-state index is -0.293. The van der Waals surface area contributed by atoms with Crippen molar-refractivity contribution in [3.8, 4) is 5.69 Å². The average Bonchev–Trinajstić information content (AvgIpc) is 3.10. The summed E-state index contributed by atoms with van der Waals surface area (Å²) in [4.78, 5) is 0. The molecule has 0 amide bonds. The molecule has 0 radical (unpaired) electrons. The number of aryl methyl sites for hydroxylation is 1. The second-order valence-corrected chi connectivity index (χ2v) is 8.82. The van der Waals surface area contributed by atoms with Crippen LogP contribution >= 0.6 is 11.6 Å². The second kappa shape index (κ2) is 6.26. The van der Waals surface area contributed by atoms with Gasteiger partial charge in [-0.1, -0.05) is 32.4 Å². The number of nitrogens with zero attached hydrogens (tertiary/aromatic N) is 4. The Balaban J connectivity index is 1.62. The van der Waals surface area contributed by atoms with E-state index in [1.807, 2.05) is 6.92 Å². The summed E-state index contributed by atoms with van der Waals surface area (Å²) in [6.07, 6.45) is 5.17. The molecule has 142 valence electrons. The summed E-state index contributed by atoms with van der Waals surface area (Å²) in [5.74, 6) is 0.404. The molecule has 0 spiro atoms. The van der Waals surface area contributed by atoms with Gasteiger partial charge in [-0.05, 0) is 61.8 Å². The first-order valence-corrected chi connectivity index (χ1v) is 9.73. The zero-order valence-electron chi connectivity index (χ0n) is 16.1. The van der Waals surface area contributed by atoms with Crippen LogP contribution in [0.5, 0.6) is 0 Å². The smallest absolute Gasteiger partial charge is 0.142 e. The van der Waals surface area contributed by atoms with Gasteiger partial charge in [0.2, 0.25) is 0 Å². The molecule has 2 saturated carbocycles. The average molecular weight is 387 g/mol. The predicted octanol–water partition coefficient (Wildman–Crippen LogP) is 5.59. The van der Waals surface area contributed by atoms with Gasteiger partial charge in [-0.25, -0.2) is 9.07 Å². The van der Waals surface area contributed by atoms with Gasteiger partial charge in [0.1, 0.15) is 11.0 Å². The van der Waals surface area contributed by atoms with Gasteiger partial charge in [0.25, 0.3) is 0 Å². The highest BCUT2D eigenvalue weighted by Crippen LogP contribution is 2.64. The Hall–Kier alpha value is -2.01. The molecular weight excluding hydrogens is 363 g/mol. The van der Waals surface area contributed by atoms with Crippen LogP contribution in [0.2, 0.25) is 5.15 Å². The first kappa shape index (κ1) is 18.4. The van der Waals surface area contributed by atoms with E-state index in [2.05, 4.69) is 36.1 Å². The SMILES string of the molecule is Cc1nn(-c2ccc(F)cc2)c(Cl)c1/C=N/N=C1/CC2CCC1(C)C2(C)C. The summed E-state index contributed by atoms with van der Waals surface area (Å²) in [5.41, 5.74) is 3.80. The normalized spacial score (nSPS) is 27.9. The molecule has 0 saturated heterocycles. The van der Waals surface area contributed by atoms with E-state index in [0.717, 1.165) is 17.7 Å². The molecule has 1 aromatic heterocycles. The zero-order chi connectivity index (χ0) is 19.4. The van der Waals surface area contributed by atoms with Gasteiger partial charge in [-0.15, -0.1) is 0 Å². The molecule has 27 heavy (non-hydrogen) atoms. The second-order valence-electron chi connectivity index (χ2n) is 8.46. The number of fused-ring (bicyclic) bond motifs is 2. The molecule has 0 aliphatic heterocycles. The van der Waals surface area contributed by atoms with E-state index >= 15 is 0 Å². The minimum absolute atomic E-state index is 0.131. The Morgan fingerprint density at radius 1 is 1.26 bits per heavy atom. The maximum Gasteiger partial charge on any atom is 0.142 e. The summed E-state index contributed by atoms with van der Waals surface area (Å²) >= 11 is 6.50. The Morgan fingerprint density at radius 2 is 1.96 bits per heavy atom. The van der Waals surface area contributed by atoms with Gasteiger partial charge < -0.3 is 0 Å². The fourth-order valence-corrected chi connectivity index (χ4v) is 4.97. The third kappa shape index (κ3) is 2.75. The van der Waals surface area contributed by atoms with E-state index in [0.29, 0.717) is 16.8 Å². The van der Waals surface area contributed by atoms with Crippen molar-refractivity contribution in [3.63, 3.8) is 0 Å². The molecule has 2 aliphatic rings. The monoisotopic (exact) mass is 386 g/mol. The molecule has 2 fully saturated rings. The van der Waals surface area contributed by atoms with Crippen molar-refractivity contribution in [2.24, 2.45) is 27.0 Å².